The molecule has 0 saturated heterocycles. The lowest BCUT2D eigenvalue weighted by atomic mass is 9.91. The van der Waals surface area contributed by atoms with Gasteiger partial charge in [0, 0.05) is 17.8 Å². The fraction of sp³-hybridized carbons (Fsp3) is 0.600. The smallest absolute Gasteiger partial charge is 0.309 e. The summed E-state index contributed by atoms with van der Waals surface area (Å²) in [6, 6.07) is 4.06. The Labute approximate surface area is 109 Å². The van der Waals surface area contributed by atoms with Gasteiger partial charge >= 0.3 is 5.97 Å². The van der Waals surface area contributed by atoms with E-state index in [2.05, 4.69) is 11.1 Å². The third kappa shape index (κ3) is 2.71. The molecule has 0 N–H and O–H groups in total. The quantitative estimate of drug-likeness (QED) is 0.754. The van der Waals surface area contributed by atoms with Crippen molar-refractivity contribution in [1.82, 2.24) is 4.98 Å². The molecule has 0 radical (unpaired) electrons. The molecule has 1 heterocycles. The van der Waals surface area contributed by atoms with Crippen LogP contribution in [0.3, 0.4) is 0 Å². The van der Waals surface area contributed by atoms with Gasteiger partial charge in [-0.1, -0.05) is 13.0 Å². The Hall–Kier alpha value is -1.38. The molecule has 2 atom stereocenters. The lowest BCUT2D eigenvalue weighted by molar-refractivity contribution is -0.160. The lowest BCUT2D eigenvalue weighted by Crippen LogP contribution is -2.30. The van der Waals surface area contributed by atoms with Gasteiger partial charge < -0.3 is 4.74 Å². The van der Waals surface area contributed by atoms with E-state index in [1.165, 1.54) is 5.56 Å². The standard InChI is InChI=1S/C15H21NO2/c1-10(14(17)18-15(2,3)4)12-8-7-11-6-5-9-16-13(11)12/h5-6,9-10,12H,7-8H2,1-4H3. The number of hydrogen-bond donors (Lipinski definition) is 0. The molecule has 18 heavy (non-hydrogen) atoms. The Balaban J connectivity index is 2.12. The van der Waals surface area contributed by atoms with Crippen molar-refractivity contribution in [3.05, 3.63) is 29.6 Å². The molecule has 1 aliphatic carbocycles. The average Bonchev–Trinajstić information content (AvgIpc) is 2.69. The summed E-state index contributed by atoms with van der Waals surface area (Å²) >= 11 is 0. The van der Waals surface area contributed by atoms with Crippen LogP contribution in [0, 0.1) is 5.92 Å². The van der Waals surface area contributed by atoms with E-state index in [-0.39, 0.29) is 17.8 Å². The molecule has 0 saturated carbocycles. The van der Waals surface area contributed by atoms with Crippen molar-refractivity contribution in [3.63, 3.8) is 0 Å². The highest BCUT2D eigenvalue weighted by molar-refractivity contribution is 5.74. The van der Waals surface area contributed by atoms with Crippen LogP contribution >= 0.6 is 0 Å². The van der Waals surface area contributed by atoms with E-state index in [0.29, 0.717) is 0 Å². The van der Waals surface area contributed by atoms with Gasteiger partial charge in [-0.3, -0.25) is 9.78 Å². The van der Waals surface area contributed by atoms with Crippen LogP contribution in [0.15, 0.2) is 18.3 Å². The van der Waals surface area contributed by atoms with Gasteiger partial charge in [0.1, 0.15) is 5.60 Å². The molecule has 98 valence electrons. The van der Waals surface area contributed by atoms with Gasteiger partial charge in [0.15, 0.2) is 0 Å². The van der Waals surface area contributed by atoms with E-state index in [1.54, 1.807) is 6.20 Å². The Kier molecular flexibility index (Phi) is 3.42. The molecule has 3 nitrogen and oxygen atoms in total. The van der Waals surface area contributed by atoms with Crippen LogP contribution in [0.5, 0.6) is 0 Å². The van der Waals surface area contributed by atoms with Crippen molar-refractivity contribution >= 4 is 5.97 Å². The van der Waals surface area contributed by atoms with Gasteiger partial charge in [0.25, 0.3) is 0 Å². The number of esters is 1. The molecule has 1 aromatic rings. The van der Waals surface area contributed by atoms with Crippen LogP contribution in [0.1, 0.15) is 51.3 Å². The summed E-state index contributed by atoms with van der Waals surface area (Å²) in [5, 5.41) is 0. The van der Waals surface area contributed by atoms with Crippen LogP contribution in [0.2, 0.25) is 0 Å². The summed E-state index contributed by atoms with van der Waals surface area (Å²) in [6.45, 7) is 7.65. The van der Waals surface area contributed by atoms with Gasteiger partial charge in [-0.2, -0.15) is 0 Å². The molecule has 0 bridgehead atoms. The lowest BCUT2D eigenvalue weighted by Gasteiger charge is -2.25. The summed E-state index contributed by atoms with van der Waals surface area (Å²) < 4.78 is 5.46. The van der Waals surface area contributed by atoms with Crippen molar-refractivity contribution in [2.75, 3.05) is 0 Å². The van der Waals surface area contributed by atoms with Crippen LogP contribution in [-0.2, 0) is 16.0 Å². The highest BCUT2D eigenvalue weighted by Gasteiger charge is 2.34. The van der Waals surface area contributed by atoms with Gasteiger partial charge in [0.05, 0.1) is 5.92 Å². The van der Waals surface area contributed by atoms with Crippen molar-refractivity contribution in [1.29, 1.82) is 0 Å². The van der Waals surface area contributed by atoms with E-state index in [1.807, 2.05) is 33.8 Å². The van der Waals surface area contributed by atoms with E-state index >= 15 is 0 Å². The molecule has 0 aliphatic heterocycles. The van der Waals surface area contributed by atoms with E-state index in [9.17, 15) is 4.79 Å². The first kappa shape index (κ1) is 13.1. The Morgan fingerprint density at radius 3 is 2.89 bits per heavy atom. The predicted octanol–water partition coefficient (Wildman–Crippen LogP) is 3.09. The predicted molar refractivity (Wildman–Crippen MR) is 70.3 cm³/mol. The average molecular weight is 247 g/mol. The molecule has 0 fully saturated rings. The number of pyridine rings is 1. The van der Waals surface area contributed by atoms with Gasteiger partial charge in [-0.25, -0.2) is 0 Å². The van der Waals surface area contributed by atoms with Crippen molar-refractivity contribution in [2.45, 2.75) is 52.1 Å². The summed E-state index contributed by atoms with van der Waals surface area (Å²) in [6.07, 6.45) is 3.81. The molecule has 2 rings (SSSR count). The highest BCUT2D eigenvalue weighted by Crippen LogP contribution is 2.37. The first-order valence-corrected chi connectivity index (χ1v) is 6.55. The number of hydrogen-bond acceptors (Lipinski definition) is 3. The van der Waals surface area contributed by atoms with E-state index in [0.717, 1.165) is 18.5 Å². The zero-order valence-corrected chi connectivity index (χ0v) is 11.6. The summed E-state index contributed by atoms with van der Waals surface area (Å²) in [4.78, 5) is 16.5. The number of carbonyl (C=O) groups is 1. The summed E-state index contributed by atoms with van der Waals surface area (Å²) in [5.41, 5.74) is 1.94. The molecule has 1 aromatic heterocycles. The molecule has 0 aromatic carbocycles. The zero-order valence-electron chi connectivity index (χ0n) is 11.6. The molecule has 3 heteroatoms. The van der Waals surface area contributed by atoms with E-state index in [4.69, 9.17) is 4.74 Å². The van der Waals surface area contributed by atoms with Crippen LogP contribution in [0.4, 0.5) is 0 Å². The third-order valence-corrected chi connectivity index (χ3v) is 3.38. The maximum atomic E-state index is 12.1. The third-order valence-electron chi connectivity index (χ3n) is 3.38. The second kappa shape index (κ2) is 4.71. The molecule has 0 amide bonds. The number of nitrogens with zero attached hydrogens (tertiary/aromatic N) is 1. The molecular formula is C15H21NO2. The first-order chi connectivity index (χ1) is 8.38. The van der Waals surface area contributed by atoms with Crippen LogP contribution in [-0.4, -0.2) is 16.6 Å². The SMILES string of the molecule is CC(C(=O)OC(C)(C)C)C1CCc2cccnc21. The molecule has 0 spiro atoms. The van der Waals surface area contributed by atoms with Gasteiger partial charge in [-0.05, 0) is 45.2 Å². The highest BCUT2D eigenvalue weighted by atomic mass is 16.6. The molecular weight excluding hydrogens is 226 g/mol. The van der Waals surface area contributed by atoms with Gasteiger partial charge in [-0.15, -0.1) is 0 Å². The first-order valence-electron chi connectivity index (χ1n) is 6.55. The second-order valence-corrected chi connectivity index (χ2v) is 6.02. The fourth-order valence-corrected chi connectivity index (χ4v) is 2.49. The maximum Gasteiger partial charge on any atom is 0.309 e. The Bertz CT molecular complexity index is 448. The largest absolute Gasteiger partial charge is 0.460 e. The Morgan fingerprint density at radius 2 is 2.22 bits per heavy atom. The number of fused-ring (bicyclic) bond motifs is 1. The second-order valence-electron chi connectivity index (χ2n) is 6.02. The topological polar surface area (TPSA) is 39.2 Å². The fourth-order valence-electron chi connectivity index (χ4n) is 2.49. The van der Waals surface area contributed by atoms with Crippen molar-refractivity contribution in [2.24, 2.45) is 5.92 Å². The minimum absolute atomic E-state index is 0.119. The minimum atomic E-state index is -0.420. The summed E-state index contributed by atoms with van der Waals surface area (Å²) in [5.74, 6) is -0.0394. The van der Waals surface area contributed by atoms with Crippen LogP contribution in [0.25, 0.3) is 0 Å². The maximum absolute atomic E-state index is 12.1. The number of aryl methyl sites for hydroxylation is 1. The Morgan fingerprint density at radius 1 is 1.50 bits per heavy atom. The van der Waals surface area contributed by atoms with Crippen molar-refractivity contribution < 1.29 is 9.53 Å². The van der Waals surface area contributed by atoms with Crippen LogP contribution < -0.4 is 0 Å². The zero-order chi connectivity index (χ0) is 13.3. The number of carbonyl (C=O) groups excluding carboxylic acids is 1. The van der Waals surface area contributed by atoms with Gasteiger partial charge in [0.2, 0.25) is 0 Å². The molecule has 2 unspecified atom stereocenters. The summed E-state index contributed by atoms with van der Waals surface area (Å²) in [7, 11) is 0. The molecule has 1 aliphatic rings. The number of aromatic nitrogens is 1. The minimum Gasteiger partial charge on any atom is -0.460 e. The number of rotatable bonds is 2. The van der Waals surface area contributed by atoms with Crippen molar-refractivity contribution in [3.8, 4) is 0 Å². The number of ether oxygens (including phenoxy) is 1. The normalized spacial score (nSPS) is 20.3. The monoisotopic (exact) mass is 247 g/mol. The van der Waals surface area contributed by atoms with E-state index < -0.39 is 5.60 Å².